The van der Waals surface area contributed by atoms with Crippen molar-refractivity contribution in [3.8, 4) is 0 Å². The molecule has 0 unspecified atom stereocenters. The van der Waals surface area contributed by atoms with Crippen molar-refractivity contribution in [2.24, 2.45) is 0 Å². The van der Waals surface area contributed by atoms with Crippen molar-refractivity contribution in [2.45, 2.75) is 104 Å². The van der Waals surface area contributed by atoms with Gasteiger partial charge in [-0.15, -0.1) is 0 Å². The molecule has 0 aliphatic heterocycles. The Hall–Kier alpha value is -3.26. The summed E-state index contributed by atoms with van der Waals surface area (Å²) in [4.78, 5) is 0. The number of fused-ring (bicyclic) bond motifs is 9. The Morgan fingerprint density at radius 1 is 0.375 bits per heavy atom. The highest BCUT2D eigenvalue weighted by Crippen LogP contribution is 2.41. The second-order valence-electron chi connectivity index (χ2n) is 11.9. The van der Waals surface area contributed by atoms with Gasteiger partial charge >= 0.3 is 0 Å². The van der Waals surface area contributed by atoms with Gasteiger partial charge in [0.05, 0.1) is 0 Å². The van der Waals surface area contributed by atoms with Gasteiger partial charge in [0.1, 0.15) is 0 Å². The van der Waals surface area contributed by atoms with Crippen LogP contribution >= 0.6 is 0 Å². The fraction of sp³-hybridized carbons (Fsp3) is 0.421. The quantitative estimate of drug-likeness (QED) is 0.124. The van der Waals surface area contributed by atoms with Gasteiger partial charge in [0, 0.05) is 56.7 Å². The summed E-state index contributed by atoms with van der Waals surface area (Å²) in [5.74, 6) is 0. The van der Waals surface area contributed by atoms with Crippen molar-refractivity contribution in [1.82, 2.24) is 9.13 Å². The fourth-order valence-electron chi connectivity index (χ4n) is 7.08. The molecule has 0 N–H and O–H groups in total. The second-order valence-corrected chi connectivity index (χ2v) is 11.9. The van der Waals surface area contributed by atoms with E-state index < -0.39 is 0 Å². The first-order valence-electron chi connectivity index (χ1n) is 16.2. The molecule has 2 nitrogen and oxygen atoms in total. The molecule has 0 saturated carbocycles. The van der Waals surface area contributed by atoms with Gasteiger partial charge in [-0.05, 0) is 47.9 Å². The number of benzene rings is 4. The van der Waals surface area contributed by atoms with Gasteiger partial charge in [-0.1, -0.05) is 127 Å². The first-order valence-corrected chi connectivity index (χ1v) is 16.2. The molecule has 2 aromatic heterocycles. The summed E-state index contributed by atoms with van der Waals surface area (Å²) in [5, 5.41) is 8.42. The van der Waals surface area contributed by atoms with E-state index >= 15 is 0 Å². The molecule has 0 radical (unpaired) electrons. The lowest BCUT2D eigenvalue weighted by Gasteiger charge is -2.10. The molecule has 6 rings (SSSR count). The van der Waals surface area contributed by atoms with Crippen molar-refractivity contribution in [2.75, 3.05) is 0 Å². The van der Waals surface area contributed by atoms with E-state index in [0.717, 1.165) is 13.1 Å². The van der Waals surface area contributed by atoms with Crippen molar-refractivity contribution in [3.63, 3.8) is 0 Å². The van der Waals surface area contributed by atoms with E-state index in [1.54, 1.807) is 0 Å². The largest absolute Gasteiger partial charge is 0.340 e. The van der Waals surface area contributed by atoms with Crippen LogP contribution in [0.1, 0.15) is 90.9 Å². The molecule has 6 aromatic rings. The van der Waals surface area contributed by atoms with Crippen LogP contribution in [0.2, 0.25) is 0 Å². The molecule has 2 heterocycles. The summed E-state index contributed by atoms with van der Waals surface area (Å²) in [6.45, 7) is 6.79. The summed E-state index contributed by atoms with van der Waals surface area (Å²) in [7, 11) is 0. The van der Waals surface area contributed by atoms with Crippen molar-refractivity contribution in [3.05, 3.63) is 72.8 Å². The van der Waals surface area contributed by atoms with Gasteiger partial charge < -0.3 is 9.13 Å². The Morgan fingerprint density at radius 3 is 1.23 bits per heavy atom. The predicted octanol–water partition coefficient (Wildman–Crippen LogP) is 11.8. The Bertz CT molecular complexity index is 1600. The van der Waals surface area contributed by atoms with Crippen LogP contribution in [0, 0.1) is 0 Å². The monoisotopic (exact) mass is 530 g/mol. The van der Waals surface area contributed by atoms with E-state index in [9.17, 15) is 0 Å². The number of unbranched alkanes of at least 4 members (excludes halogenated alkanes) is 10. The molecule has 208 valence electrons. The molecule has 0 spiro atoms. The highest BCUT2D eigenvalue weighted by atomic mass is 15.0. The summed E-state index contributed by atoms with van der Waals surface area (Å²) in [6.07, 6.45) is 15.9. The summed E-state index contributed by atoms with van der Waals surface area (Å²) < 4.78 is 5.19. The third kappa shape index (κ3) is 5.02. The highest BCUT2D eigenvalue weighted by Gasteiger charge is 2.17. The minimum atomic E-state index is 1.10. The molecular formula is C38H46N2. The molecule has 2 heteroatoms. The fourth-order valence-corrected chi connectivity index (χ4v) is 7.08. The minimum Gasteiger partial charge on any atom is -0.340 e. The van der Waals surface area contributed by atoms with Crippen LogP contribution < -0.4 is 0 Å². The van der Waals surface area contributed by atoms with E-state index in [1.165, 1.54) is 131 Å². The molecule has 0 saturated heterocycles. The van der Waals surface area contributed by atoms with Crippen LogP contribution in [0.4, 0.5) is 0 Å². The van der Waals surface area contributed by atoms with Crippen molar-refractivity contribution in [1.29, 1.82) is 0 Å². The number of aromatic nitrogens is 2. The average Bonchev–Trinajstić information content (AvgIpc) is 3.49. The SMILES string of the molecule is CCCCCCCCn1c2ccccc2c2c3ccc4c(c3ccc21)c1ccccc1n4CCCCCCCC. The van der Waals surface area contributed by atoms with Gasteiger partial charge in [-0.25, -0.2) is 0 Å². The van der Waals surface area contributed by atoms with E-state index in [4.69, 9.17) is 0 Å². The maximum atomic E-state index is 2.59. The number of nitrogens with zero attached hydrogens (tertiary/aromatic N) is 2. The number of rotatable bonds is 14. The highest BCUT2D eigenvalue weighted by molar-refractivity contribution is 6.29. The van der Waals surface area contributed by atoms with Crippen LogP contribution in [-0.4, -0.2) is 9.13 Å². The Morgan fingerprint density at radius 2 is 0.775 bits per heavy atom. The van der Waals surface area contributed by atoms with Gasteiger partial charge in [-0.3, -0.25) is 0 Å². The molecule has 0 bridgehead atoms. The van der Waals surface area contributed by atoms with Crippen LogP contribution in [0.3, 0.4) is 0 Å². The van der Waals surface area contributed by atoms with Gasteiger partial charge in [0.15, 0.2) is 0 Å². The number of para-hydroxylation sites is 2. The summed E-state index contributed by atoms with van der Waals surface area (Å²) >= 11 is 0. The number of hydrogen-bond acceptors (Lipinski definition) is 0. The summed E-state index contributed by atoms with van der Waals surface area (Å²) in [6, 6.07) is 27.8. The molecule has 0 amide bonds. The standard InChI is InChI=1S/C38H46N2/c1-3-5-7-9-11-17-27-39-33-21-15-13-19-31(33)37-29-24-26-36-38(30(29)23-25-35(37)39)32-20-14-16-22-34(32)40(36)28-18-12-10-8-6-4-2/h13-16,19-26H,3-12,17-18,27-28H2,1-2H3. The van der Waals surface area contributed by atoms with E-state index in [-0.39, 0.29) is 0 Å². The van der Waals surface area contributed by atoms with Crippen molar-refractivity contribution >= 4 is 54.4 Å². The lowest BCUT2D eigenvalue weighted by atomic mass is 9.99. The topological polar surface area (TPSA) is 9.86 Å². The Kier molecular flexibility index (Phi) is 8.42. The second kappa shape index (κ2) is 12.5. The number of aryl methyl sites for hydroxylation is 2. The first kappa shape index (κ1) is 26.9. The van der Waals surface area contributed by atoms with Crippen LogP contribution in [0.15, 0.2) is 72.8 Å². The normalized spacial score (nSPS) is 12.2. The van der Waals surface area contributed by atoms with Crippen LogP contribution in [0.5, 0.6) is 0 Å². The zero-order chi connectivity index (χ0) is 27.3. The Labute approximate surface area is 240 Å². The maximum absolute atomic E-state index is 2.59. The molecule has 40 heavy (non-hydrogen) atoms. The molecule has 0 aliphatic carbocycles. The predicted molar refractivity (Wildman–Crippen MR) is 177 cm³/mol. The van der Waals surface area contributed by atoms with Gasteiger partial charge in [-0.2, -0.15) is 0 Å². The summed E-state index contributed by atoms with van der Waals surface area (Å²) in [5.41, 5.74) is 5.53. The molecule has 0 aliphatic rings. The third-order valence-electron chi connectivity index (χ3n) is 9.14. The Balaban J connectivity index is 1.42. The number of hydrogen-bond donors (Lipinski definition) is 0. The molecule has 4 aromatic carbocycles. The van der Waals surface area contributed by atoms with Crippen molar-refractivity contribution < 1.29 is 0 Å². The maximum Gasteiger partial charge on any atom is 0.0497 e. The lowest BCUT2D eigenvalue weighted by Crippen LogP contribution is -1.98. The van der Waals surface area contributed by atoms with Gasteiger partial charge in [0.25, 0.3) is 0 Å². The van der Waals surface area contributed by atoms with Gasteiger partial charge in [0.2, 0.25) is 0 Å². The van der Waals surface area contributed by atoms with E-state index in [2.05, 4.69) is 95.8 Å². The molecule has 0 atom stereocenters. The van der Waals surface area contributed by atoms with E-state index in [1.807, 2.05) is 0 Å². The first-order chi connectivity index (χ1) is 19.8. The average molecular weight is 531 g/mol. The molecule has 0 fully saturated rings. The van der Waals surface area contributed by atoms with Crippen LogP contribution in [-0.2, 0) is 13.1 Å². The molecular weight excluding hydrogens is 484 g/mol. The zero-order valence-corrected chi connectivity index (χ0v) is 24.7. The minimum absolute atomic E-state index is 1.10. The lowest BCUT2D eigenvalue weighted by molar-refractivity contribution is 0.571. The third-order valence-corrected chi connectivity index (χ3v) is 9.14. The smallest absolute Gasteiger partial charge is 0.0497 e. The zero-order valence-electron chi connectivity index (χ0n) is 24.7. The van der Waals surface area contributed by atoms with Crippen LogP contribution in [0.25, 0.3) is 54.4 Å². The van der Waals surface area contributed by atoms with E-state index in [0.29, 0.717) is 0 Å².